The first-order valence-electron chi connectivity index (χ1n) is 9.24. The number of amides is 1. The highest BCUT2D eigenvalue weighted by Gasteiger charge is 2.21. The van der Waals surface area contributed by atoms with Gasteiger partial charge in [0, 0.05) is 23.8 Å². The molecule has 0 fully saturated rings. The van der Waals surface area contributed by atoms with E-state index in [1.54, 1.807) is 11.8 Å². The molecule has 1 aromatic heterocycles. The zero-order chi connectivity index (χ0) is 19.2. The number of benzene rings is 2. The molecule has 3 aromatic rings. The number of hydrogen-bond acceptors (Lipinski definition) is 3. The number of aromatic nitrogens is 1. The Kier molecular flexibility index (Phi) is 6.37. The summed E-state index contributed by atoms with van der Waals surface area (Å²) < 4.78 is 0. The van der Waals surface area contributed by atoms with Gasteiger partial charge in [-0.15, -0.1) is 11.3 Å². The summed E-state index contributed by atoms with van der Waals surface area (Å²) in [5.74, 6) is 0.485. The third-order valence-corrected chi connectivity index (χ3v) is 5.42. The summed E-state index contributed by atoms with van der Waals surface area (Å²) in [4.78, 5) is 18.6. The molecule has 140 valence electrons. The van der Waals surface area contributed by atoms with Gasteiger partial charge in [-0.05, 0) is 12.1 Å². The molecule has 27 heavy (non-hydrogen) atoms. The van der Waals surface area contributed by atoms with Crippen molar-refractivity contribution >= 4 is 28.1 Å². The molecule has 0 aliphatic carbocycles. The molecule has 1 heterocycles. The first-order valence-corrected chi connectivity index (χ1v) is 10.1. The van der Waals surface area contributed by atoms with Gasteiger partial charge in [0.2, 0.25) is 5.91 Å². The zero-order valence-corrected chi connectivity index (χ0v) is 16.8. The van der Waals surface area contributed by atoms with Crippen molar-refractivity contribution in [2.24, 2.45) is 5.92 Å². The van der Waals surface area contributed by atoms with Crippen molar-refractivity contribution < 1.29 is 10.1 Å². The molecule has 1 atom stereocenters. The number of nitrogens with two attached hydrogens (primary N) is 1. The zero-order valence-electron chi connectivity index (χ0n) is 16.0. The Labute approximate surface area is 164 Å². The van der Waals surface area contributed by atoms with Crippen LogP contribution < -0.4 is 10.2 Å². The molecular weight excluding hydrogens is 354 g/mol. The number of hydrogen-bond donors (Lipinski definition) is 1. The Morgan fingerprint density at radius 2 is 1.70 bits per heavy atom. The van der Waals surface area contributed by atoms with Crippen LogP contribution in [0, 0.1) is 5.92 Å². The molecular formula is C22H26N3OS+. The van der Waals surface area contributed by atoms with Crippen molar-refractivity contribution in [2.45, 2.75) is 33.4 Å². The van der Waals surface area contributed by atoms with Crippen LogP contribution in [0.2, 0.25) is 0 Å². The van der Waals surface area contributed by atoms with Crippen molar-refractivity contribution in [1.82, 2.24) is 4.98 Å². The molecule has 0 aliphatic rings. The molecule has 0 aliphatic heterocycles. The normalized spacial score (nSPS) is 12.1. The molecule has 0 radical (unpaired) electrons. The monoisotopic (exact) mass is 380 g/mol. The number of carbonyl (C=O) groups is 1. The highest BCUT2D eigenvalue weighted by Crippen LogP contribution is 2.28. The molecule has 5 heteroatoms. The number of nitrogens with zero attached hydrogens (tertiary/aromatic N) is 2. The van der Waals surface area contributed by atoms with E-state index in [-0.39, 0.29) is 5.91 Å². The SMILES string of the molecule is CC(=O)N(c1ccccc1)c1nc(C[NH2+][C@@H](c2ccccc2)C(C)C)cs1. The highest BCUT2D eigenvalue weighted by molar-refractivity contribution is 7.14. The van der Waals surface area contributed by atoms with E-state index in [0.29, 0.717) is 12.0 Å². The van der Waals surface area contributed by atoms with Crippen molar-refractivity contribution in [3.8, 4) is 0 Å². The second kappa shape index (κ2) is 8.93. The summed E-state index contributed by atoms with van der Waals surface area (Å²) in [5.41, 5.74) is 3.18. The molecule has 1 amide bonds. The van der Waals surface area contributed by atoms with E-state index in [9.17, 15) is 4.79 Å². The lowest BCUT2D eigenvalue weighted by Gasteiger charge is -2.19. The standard InChI is InChI=1S/C22H25N3OS/c1-16(2)21(18-10-6-4-7-11-18)23-14-19-15-27-22(24-19)25(17(3)26)20-12-8-5-9-13-20/h4-13,15-16,21,23H,14H2,1-3H3/p+1/t21-/m1/s1. The Bertz CT molecular complexity index is 862. The van der Waals surface area contributed by atoms with E-state index in [1.807, 2.05) is 41.8 Å². The van der Waals surface area contributed by atoms with Gasteiger partial charge in [-0.1, -0.05) is 62.4 Å². The average molecular weight is 381 g/mol. The second-order valence-corrected chi connectivity index (χ2v) is 7.77. The summed E-state index contributed by atoms with van der Waals surface area (Å²) >= 11 is 1.51. The maximum atomic E-state index is 12.2. The molecule has 2 N–H and O–H groups in total. The first kappa shape index (κ1) is 19.3. The van der Waals surface area contributed by atoms with Crippen LogP contribution in [0.4, 0.5) is 10.8 Å². The lowest BCUT2D eigenvalue weighted by Crippen LogP contribution is -2.84. The van der Waals surface area contributed by atoms with Gasteiger partial charge in [-0.25, -0.2) is 4.98 Å². The topological polar surface area (TPSA) is 49.8 Å². The maximum absolute atomic E-state index is 12.2. The number of carbonyl (C=O) groups excluding carboxylic acids is 1. The largest absolute Gasteiger partial charge is 0.335 e. The van der Waals surface area contributed by atoms with Crippen LogP contribution in [0.3, 0.4) is 0 Å². The minimum absolute atomic E-state index is 0.0320. The smallest absolute Gasteiger partial charge is 0.230 e. The van der Waals surface area contributed by atoms with E-state index in [0.717, 1.165) is 23.1 Å². The van der Waals surface area contributed by atoms with Gasteiger partial charge in [0.25, 0.3) is 0 Å². The van der Waals surface area contributed by atoms with Crippen molar-refractivity contribution in [3.05, 3.63) is 77.3 Å². The van der Waals surface area contributed by atoms with Crippen LogP contribution in [0.5, 0.6) is 0 Å². The van der Waals surface area contributed by atoms with Gasteiger partial charge in [0.05, 0.1) is 5.69 Å². The molecule has 0 bridgehead atoms. The van der Waals surface area contributed by atoms with Gasteiger partial charge in [-0.2, -0.15) is 0 Å². The molecule has 0 saturated heterocycles. The number of quaternary nitrogens is 1. The van der Waals surface area contributed by atoms with Gasteiger partial charge in [-0.3, -0.25) is 9.69 Å². The fourth-order valence-electron chi connectivity index (χ4n) is 3.21. The maximum Gasteiger partial charge on any atom is 0.230 e. The summed E-state index contributed by atoms with van der Waals surface area (Å²) in [6.45, 7) is 6.85. The fraction of sp³-hybridized carbons (Fsp3) is 0.273. The fourth-order valence-corrected chi connectivity index (χ4v) is 4.11. The van der Waals surface area contributed by atoms with Crippen molar-refractivity contribution in [3.63, 3.8) is 0 Å². The summed E-state index contributed by atoms with van der Waals surface area (Å²) in [6, 6.07) is 20.6. The van der Waals surface area contributed by atoms with Crippen LogP contribution >= 0.6 is 11.3 Å². The van der Waals surface area contributed by atoms with E-state index < -0.39 is 0 Å². The number of thiazole rings is 1. The lowest BCUT2D eigenvalue weighted by molar-refractivity contribution is -0.717. The Morgan fingerprint density at radius 3 is 2.30 bits per heavy atom. The molecule has 3 rings (SSSR count). The van der Waals surface area contributed by atoms with Crippen LogP contribution in [0.15, 0.2) is 66.0 Å². The highest BCUT2D eigenvalue weighted by atomic mass is 32.1. The van der Waals surface area contributed by atoms with Crippen LogP contribution in [0.25, 0.3) is 0 Å². The van der Waals surface area contributed by atoms with Gasteiger partial charge >= 0.3 is 0 Å². The quantitative estimate of drug-likeness (QED) is 0.665. The predicted molar refractivity (Wildman–Crippen MR) is 111 cm³/mol. The molecule has 2 aromatic carbocycles. The minimum Gasteiger partial charge on any atom is -0.335 e. The van der Waals surface area contributed by atoms with Crippen molar-refractivity contribution in [2.75, 3.05) is 4.90 Å². The van der Waals surface area contributed by atoms with Crippen molar-refractivity contribution in [1.29, 1.82) is 0 Å². The molecule has 0 spiro atoms. The predicted octanol–water partition coefficient (Wildman–Crippen LogP) is 4.29. The third kappa shape index (κ3) is 4.81. The average Bonchev–Trinajstić information content (AvgIpc) is 3.11. The number of anilines is 2. The summed E-state index contributed by atoms with van der Waals surface area (Å²) in [6.07, 6.45) is 0. The summed E-state index contributed by atoms with van der Waals surface area (Å²) in [7, 11) is 0. The Balaban J connectivity index is 1.74. The lowest BCUT2D eigenvalue weighted by atomic mass is 9.96. The Hall–Kier alpha value is -2.50. The van der Waals surface area contributed by atoms with Gasteiger partial charge in [0.15, 0.2) is 5.13 Å². The van der Waals surface area contributed by atoms with Crippen LogP contribution in [-0.4, -0.2) is 10.9 Å². The van der Waals surface area contributed by atoms with E-state index in [2.05, 4.69) is 43.4 Å². The minimum atomic E-state index is -0.0320. The molecule has 0 unspecified atom stereocenters. The molecule has 0 saturated carbocycles. The van der Waals surface area contributed by atoms with E-state index in [4.69, 9.17) is 4.98 Å². The number of para-hydroxylation sites is 1. The Morgan fingerprint density at radius 1 is 1.07 bits per heavy atom. The van der Waals surface area contributed by atoms with E-state index in [1.165, 1.54) is 16.9 Å². The van der Waals surface area contributed by atoms with Crippen LogP contribution in [-0.2, 0) is 11.3 Å². The summed E-state index contributed by atoms with van der Waals surface area (Å²) in [5, 5.41) is 5.10. The van der Waals surface area contributed by atoms with Gasteiger partial charge in [0.1, 0.15) is 18.3 Å². The van der Waals surface area contributed by atoms with E-state index >= 15 is 0 Å². The second-order valence-electron chi connectivity index (χ2n) is 6.93. The first-order chi connectivity index (χ1) is 13.1. The molecule has 4 nitrogen and oxygen atoms in total. The van der Waals surface area contributed by atoms with Gasteiger partial charge < -0.3 is 5.32 Å². The van der Waals surface area contributed by atoms with Crippen LogP contribution in [0.1, 0.15) is 38.1 Å². The third-order valence-electron chi connectivity index (χ3n) is 4.54. The number of rotatable bonds is 7.